The summed E-state index contributed by atoms with van der Waals surface area (Å²) in [6, 6.07) is 5.61. The van der Waals surface area contributed by atoms with Crippen molar-refractivity contribution in [3.8, 4) is 0 Å². The number of hydrogen-bond acceptors (Lipinski definition) is 2. The lowest BCUT2D eigenvalue weighted by molar-refractivity contribution is 0.0904. The Hall–Kier alpha value is -1.09. The molecule has 1 aliphatic heterocycles. The van der Waals surface area contributed by atoms with Gasteiger partial charge in [0.15, 0.2) is 0 Å². The van der Waals surface area contributed by atoms with E-state index in [1.165, 1.54) is 6.07 Å². The van der Waals surface area contributed by atoms with Gasteiger partial charge in [0.1, 0.15) is 5.82 Å². The molecule has 1 fully saturated rings. The number of benzene rings is 1. The van der Waals surface area contributed by atoms with Gasteiger partial charge in [-0.3, -0.25) is 0 Å². The van der Waals surface area contributed by atoms with Gasteiger partial charge in [-0.2, -0.15) is 0 Å². The molecule has 0 bridgehead atoms. The van der Waals surface area contributed by atoms with Crippen molar-refractivity contribution in [2.45, 2.75) is 39.7 Å². The lowest BCUT2D eigenvalue weighted by atomic mass is 10.1. The van der Waals surface area contributed by atoms with Gasteiger partial charge in [-0.05, 0) is 43.5 Å². The van der Waals surface area contributed by atoms with Crippen molar-refractivity contribution in [1.29, 1.82) is 0 Å². The van der Waals surface area contributed by atoms with Crippen molar-refractivity contribution < 1.29 is 9.13 Å². The zero-order valence-corrected chi connectivity index (χ0v) is 10.9. The Labute approximate surface area is 103 Å². The van der Waals surface area contributed by atoms with Crippen LogP contribution in [0.2, 0.25) is 0 Å². The minimum Gasteiger partial charge on any atom is -0.382 e. The molecular weight excluding hydrogens is 217 g/mol. The molecule has 0 amide bonds. The van der Waals surface area contributed by atoms with E-state index < -0.39 is 0 Å². The maximum absolute atomic E-state index is 13.0. The quantitative estimate of drug-likeness (QED) is 0.848. The molecular formula is C14H22FNO. The van der Waals surface area contributed by atoms with Crippen molar-refractivity contribution >= 4 is 5.69 Å². The Morgan fingerprint density at radius 1 is 1.24 bits per heavy atom. The molecule has 17 heavy (non-hydrogen) atoms. The smallest absolute Gasteiger partial charge is 0.126 e. The number of ether oxygens (including phenoxy) is 1. The standard InChI is InChI=1S/C12H16FNO.C2H6/c1-9-8-11(2-3-12(9)13)14-10-4-6-15-7-5-10;1-2/h2-3,8,10,14H,4-7H2,1H3;1-2H3. The topological polar surface area (TPSA) is 21.3 Å². The van der Waals surface area contributed by atoms with Crippen LogP contribution in [0.5, 0.6) is 0 Å². The summed E-state index contributed by atoms with van der Waals surface area (Å²) in [4.78, 5) is 0. The van der Waals surface area contributed by atoms with Crippen LogP contribution in [0.15, 0.2) is 18.2 Å². The minimum atomic E-state index is -0.146. The Bertz CT molecular complexity index is 335. The maximum atomic E-state index is 13.0. The fourth-order valence-electron chi connectivity index (χ4n) is 1.81. The number of anilines is 1. The van der Waals surface area contributed by atoms with Gasteiger partial charge in [-0.15, -0.1) is 0 Å². The molecule has 3 heteroatoms. The van der Waals surface area contributed by atoms with Gasteiger partial charge in [0.2, 0.25) is 0 Å². The van der Waals surface area contributed by atoms with Crippen LogP contribution in [0, 0.1) is 12.7 Å². The molecule has 1 heterocycles. The maximum Gasteiger partial charge on any atom is 0.126 e. The van der Waals surface area contributed by atoms with Crippen LogP contribution >= 0.6 is 0 Å². The lowest BCUT2D eigenvalue weighted by Gasteiger charge is -2.24. The van der Waals surface area contributed by atoms with E-state index in [9.17, 15) is 4.39 Å². The van der Waals surface area contributed by atoms with Gasteiger partial charge in [-0.1, -0.05) is 13.8 Å². The number of halogens is 1. The number of aryl methyl sites for hydroxylation is 1. The highest BCUT2D eigenvalue weighted by atomic mass is 19.1. The molecule has 1 aromatic rings. The molecule has 0 aliphatic carbocycles. The summed E-state index contributed by atoms with van der Waals surface area (Å²) in [7, 11) is 0. The average molecular weight is 239 g/mol. The first kappa shape index (κ1) is 14.0. The predicted octanol–water partition coefficient (Wildman–Crippen LogP) is 3.75. The van der Waals surface area contributed by atoms with Crippen LogP contribution in [0.25, 0.3) is 0 Å². The van der Waals surface area contributed by atoms with E-state index in [0.29, 0.717) is 11.6 Å². The van der Waals surface area contributed by atoms with Crippen molar-refractivity contribution in [3.63, 3.8) is 0 Å². The third kappa shape index (κ3) is 4.35. The average Bonchev–Trinajstić information content (AvgIpc) is 2.38. The SMILES string of the molecule is CC.Cc1cc(NC2CCOCC2)ccc1F. The Morgan fingerprint density at radius 2 is 1.88 bits per heavy atom. The largest absolute Gasteiger partial charge is 0.382 e. The first-order chi connectivity index (χ1) is 8.25. The fourth-order valence-corrected chi connectivity index (χ4v) is 1.81. The van der Waals surface area contributed by atoms with E-state index >= 15 is 0 Å². The van der Waals surface area contributed by atoms with Crippen molar-refractivity contribution in [2.75, 3.05) is 18.5 Å². The van der Waals surface area contributed by atoms with E-state index in [0.717, 1.165) is 31.7 Å². The van der Waals surface area contributed by atoms with Gasteiger partial charge in [0.25, 0.3) is 0 Å². The molecule has 0 atom stereocenters. The summed E-state index contributed by atoms with van der Waals surface area (Å²) in [5.41, 5.74) is 1.69. The van der Waals surface area contributed by atoms with Crippen molar-refractivity contribution in [2.24, 2.45) is 0 Å². The van der Waals surface area contributed by atoms with Crippen LogP contribution in [0.1, 0.15) is 32.3 Å². The highest BCUT2D eigenvalue weighted by Gasteiger charge is 2.13. The van der Waals surface area contributed by atoms with Gasteiger partial charge in [-0.25, -0.2) is 4.39 Å². The Morgan fingerprint density at radius 3 is 2.47 bits per heavy atom. The summed E-state index contributed by atoms with van der Waals surface area (Å²) in [6.45, 7) is 7.42. The van der Waals surface area contributed by atoms with E-state index in [1.807, 2.05) is 19.9 Å². The van der Waals surface area contributed by atoms with Crippen molar-refractivity contribution in [1.82, 2.24) is 0 Å². The van der Waals surface area contributed by atoms with Gasteiger partial charge < -0.3 is 10.1 Å². The zero-order valence-electron chi connectivity index (χ0n) is 10.9. The molecule has 1 N–H and O–H groups in total. The highest BCUT2D eigenvalue weighted by Crippen LogP contribution is 2.17. The second-order valence-electron chi connectivity index (χ2n) is 3.99. The monoisotopic (exact) mass is 239 g/mol. The van der Waals surface area contributed by atoms with Gasteiger partial charge >= 0.3 is 0 Å². The van der Waals surface area contributed by atoms with E-state index in [2.05, 4.69) is 5.32 Å². The normalized spacial score (nSPS) is 16.0. The first-order valence-corrected chi connectivity index (χ1v) is 6.36. The van der Waals surface area contributed by atoms with E-state index in [4.69, 9.17) is 4.74 Å². The lowest BCUT2D eigenvalue weighted by Crippen LogP contribution is -2.27. The highest BCUT2D eigenvalue weighted by molar-refractivity contribution is 5.46. The van der Waals surface area contributed by atoms with Crippen LogP contribution in [0.3, 0.4) is 0 Å². The third-order valence-electron chi connectivity index (χ3n) is 2.75. The van der Waals surface area contributed by atoms with Crippen LogP contribution in [0.4, 0.5) is 10.1 Å². The van der Waals surface area contributed by atoms with Crippen LogP contribution in [-0.4, -0.2) is 19.3 Å². The van der Waals surface area contributed by atoms with Crippen molar-refractivity contribution in [3.05, 3.63) is 29.6 Å². The predicted molar refractivity (Wildman–Crippen MR) is 69.9 cm³/mol. The molecule has 0 saturated carbocycles. The Balaban J connectivity index is 0.000000686. The molecule has 1 aromatic carbocycles. The van der Waals surface area contributed by atoms with Crippen LogP contribution < -0.4 is 5.32 Å². The van der Waals surface area contributed by atoms with E-state index in [1.54, 1.807) is 13.0 Å². The molecule has 2 nitrogen and oxygen atoms in total. The fraction of sp³-hybridized carbons (Fsp3) is 0.571. The molecule has 2 rings (SSSR count). The molecule has 0 spiro atoms. The van der Waals surface area contributed by atoms with Crippen LogP contribution in [-0.2, 0) is 4.74 Å². The van der Waals surface area contributed by atoms with Gasteiger partial charge in [0.05, 0.1) is 0 Å². The molecule has 0 radical (unpaired) electrons. The second kappa shape index (κ2) is 7.28. The first-order valence-electron chi connectivity index (χ1n) is 6.36. The second-order valence-corrected chi connectivity index (χ2v) is 3.99. The Kier molecular flexibility index (Phi) is 5.98. The summed E-state index contributed by atoms with van der Waals surface area (Å²) in [5, 5.41) is 3.40. The molecule has 0 unspecified atom stereocenters. The molecule has 1 aliphatic rings. The number of hydrogen-bond donors (Lipinski definition) is 1. The minimum absolute atomic E-state index is 0.146. The summed E-state index contributed by atoms with van der Waals surface area (Å²) < 4.78 is 18.3. The summed E-state index contributed by atoms with van der Waals surface area (Å²) in [5.74, 6) is -0.146. The summed E-state index contributed by atoms with van der Waals surface area (Å²) in [6.07, 6.45) is 2.05. The van der Waals surface area contributed by atoms with E-state index in [-0.39, 0.29) is 5.82 Å². The third-order valence-corrected chi connectivity index (χ3v) is 2.75. The zero-order chi connectivity index (χ0) is 12.7. The molecule has 1 saturated heterocycles. The van der Waals surface area contributed by atoms with Gasteiger partial charge in [0, 0.05) is 24.9 Å². The summed E-state index contributed by atoms with van der Waals surface area (Å²) >= 11 is 0. The molecule has 0 aromatic heterocycles. The number of rotatable bonds is 2. The number of nitrogens with one attached hydrogen (secondary N) is 1. The molecule has 96 valence electrons.